The first-order chi connectivity index (χ1) is 13.7. The maximum Gasteiger partial charge on any atom is 0.285 e. The van der Waals surface area contributed by atoms with Crippen LogP contribution in [0.4, 0.5) is 16.5 Å². The number of aryl methyl sites for hydroxylation is 3. The second-order valence-electron chi connectivity index (χ2n) is 6.83. The molecular formula is C20H20N4O4S. The number of nitrogens with zero attached hydrogens (tertiary/aromatic N) is 4. The number of benzene rings is 1. The van der Waals surface area contributed by atoms with Crippen molar-refractivity contribution in [2.24, 2.45) is 0 Å². The van der Waals surface area contributed by atoms with Crippen molar-refractivity contribution in [3.63, 3.8) is 0 Å². The van der Waals surface area contributed by atoms with Crippen LogP contribution < -0.4 is 10.5 Å². The van der Waals surface area contributed by atoms with Crippen LogP contribution in [0.15, 0.2) is 40.6 Å². The van der Waals surface area contributed by atoms with E-state index in [4.69, 9.17) is 0 Å². The Balaban J connectivity index is 1.98. The van der Waals surface area contributed by atoms with Crippen LogP contribution in [0.25, 0.3) is 0 Å². The van der Waals surface area contributed by atoms with Crippen LogP contribution in [-0.2, 0) is 11.3 Å². The minimum absolute atomic E-state index is 0.0780. The van der Waals surface area contributed by atoms with Gasteiger partial charge in [0.25, 0.3) is 11.2 Å². The highest BCUT2D eigenvalue weighted by Crippen LogP contribution is 2.34. The molecule has 8 nitrogen and oxygen atoms in total. The smallest absolute Gasteiger partial charge is 0.285 e. The minimum Gasteiger partial charge on any atom is -0.303 e. The predicted molar refractivity (Wildman–Crippen MR) is 112 cm³/mol. The Kier molecular flexibility index (Phi) is 5.60. The minimum atomic E-state index is -0.553. The van der Waals surface area contributed by atoms with Crippen molar-refractivity contribution in [2.75, 3.05) is 4.90 Å². The molecular weight excluding hydrogens is 392 g/mol. The summed E-state index contributed by atoms with van der Waals surface area (Å²) in [5.74, 6) is -0.173. The van der Waals surface area contributed by atoms with Crippen molar-refractivity contribution in [3.05, 3.63) is 78.7 Å². The summed E-state index contributed by atoms with van der Waals surface area (Å²) in [5.41, 5.74) is 3.83. The number of hydrogen-bond donors (Lipinski definition) is 0. The molecule has 0 bridgehead atoms. The summed E-state index contributed by atoms with van der Waals surface area (Å²) in [6.45, 7) is 7.45. The van der Waals surface area contributed by atoms with E-state index in [-0.39, 0.29) is 23.7 Å². The summed E-state index contributed by atoms with van der Waals surface area (Å²) in [5, 5.41) is 13.2. The number of thiazole rings is 1. The van der Waals surface area contributed by atoms with Crippen LogP contribution in [0.3, 0.4) is 0 Å². The van der Waals surface area contributed by atoms with E-state index in [1.165, 1.54) is 35.1 Å². The molecule has 0 saturated carbocycles. The lowest BCUT2D eigenvalue weighted by Gasteiger charge is -2.23. The van der Waals surface area contributed by atoms with Crippen molar-refractivity contribution in [2.45, 2.75) is 34.2 Å². The first-order valence-electron chi connectivity index (χ1n) is 8.85. The zero-order valence-corrected chi connectivity index (χ0v) is 17.3. The van der Waals surface area contributed by atoms with E-state index < -0.39 is 4.92 Å². The number of rotatable bonds is 5. The van der Waals surface area contributed by atoms with Crippen LogP contribution in [0.2, 0.25) is 0 Å². The van der Waals surface area contributed by atoms with Crippen LogP contribution in [0.5, 0.6) is 0 Å². The number of carbonyl (C=O) groups excluding carboxylic acids is 1. The molecule has 0 spiro atoms. The van der Waals surface area contributed by atoms with Gasteiger partial charge in [-0.15, -0.1) is 11.3 Å². The Morgan fingerprint density at radius 1 is 1.24 bits per heavy atom. The second-order valence-corrected chi connectivity index (χ2v) is 7.67. The zero-order chi connectivity index (χ0) is 21.3. The Bertz CT molecular complexity index is 1140. The molecule has 150 valence electrons. The fourth-order valence-electron chi connectivity index (χ4n) is 3.31. The summed E-state index contributed by atoms with van der Waals surface area (Å²) in [7, 11) is 0. The first-order valence-corrected chi connectivity index (χ1v) is 9.73. The molecule has 2 aromatic heterocycles. The van der Waals surface area contributed by atoms with Crippen molar-refractivity contribution in [1.82, 2.24) is 9.55 Å². The third-order valence-electron chi connectivity index (χ3n) is 4.42. The van der Waals surface area contributed by atoms with Crippen LogP contribution in [0, 0.1) is 30.9 Å². The van der Waals surface area contributed by atoms with Gasteiger partial charge in [-0.25, -0.2) is 4.98 Å². The van der Waals surface area contributed by atoms with Gasteiger partial charge in [-0.3, -0.25) is 24.6 Å². The molecule has 0 aliphatic carbocycles. The van der Waals surface area contributed by atoms with Gasteiger partial charge in [0.1, 0.15) is 0 Å². The van der Waals surface area contributed by atoms with Gasteiger partial charge in [0, 0.05) is 24.4 Å². The molecule has 29 heavy (non-hydrogen) atoms. The summed E-state index contributed by atoms with van der Waals surface area (Å²) >= 11 is 1.28. The molecule has 0 aliphatic heterocycles. The quantitative estimate of drug-likeness (QED) is 0.468. The molecule has 1 aromatic carbocycles. The van der Waals surface area contributed by atoms with Crippen molar-refractivity contribution in [1.29, 1.82) is 0 Å². The van der Waals surface area contributed by atoms with Crippen LogP contribution >= 0.6 is 11.3 Å². The van der Waals surface area contributed by atoms with E-state index in [1.807, 2.05) is 32.9 Å². The zero-order valence-electron chi connectivity index (χ0n) is 16.5. The summed E-state index contributed by atoms with van der Waals surface area (Å²) < 4.78 is 1.23. The largest absolute Gasteiger partial charge is 0.303 e. The van der Waals surface area contributed by atoms with Crippen LogP contribution in [-0.4, -0.2) is 20.4 Å². The average Bonchev–Trinajstić information content (AvgIpc) is 3.07. The first kappa shape index (κ1) is 20.4. The molecule has 9 heteroatoms. The van der Waals surface area contributed by atoms with E-state index in [9.17, 15) is 19.7 Å². The number of hydrogen-bond acceptors (Lipinski definition) is 6. The number of aromatic nitrogens is 2. The van der Waals surface area contributed by atoms with Gasteiger partial charge in [-0.2, -0.15) is 0 Å². The van der Waals surface area contributed by atoms with E-state index in [2.05, 4.69) is 4.98 Å². The molecule has 3 aromatic rings. The number of anilines is 2. The van der Waals surface area contributed by atoms with E-state index in [1.54, 1.807) is 10.3 Å². The topological polar surface area (TPSA) is 98.3 Å². The van der Waals surface area contributed by atoms with Gasteiger partial charge in [-0.1, -0.05) is 17.7 Å². The Morgan fingerprint density at radius 3 is 2.48 bits per heavy atom. The van der Waals surface area contributed by atoms with Gasteiger partial charge in [0.2, 0.25) is 5.91 Å². The lowest BCUT2D eigenvalue weighted by Crippen LogP contribution is -2.24. The highest BCUT2D eigenvalue weighted by molar-refractivity contribution is 7.14. The third kappa shape index (κ3) is 4.24. The molecule has 0 N–H and O–H groups in total. The molecule has 0 atom stereocenters. The highest BCUT2D eigenvalue weighted by atomic mass is 32.1. The molecule has 0 fully saturated rings. The molecule has 0 saturated heterocycles. The van der Waals surface area contributed by atoms with Crippen LogP contribution in [0.1, 0.15) is 29.3 Å². The van der Waals surface area contributed by atoms with Gasteiger partial charge in [0.05, 0.1) is 29.0 Å². The maximum absolute atomic E-state index is 12.4. The maximum atomic E-state index is 12.4. The molecule has 2 heterocycles. The number of pyridine rings is 1. The van der Waals surface area contributed by atoms with Gasteiger partial charge < -0.3 is 4.57 Å². The van der Waals surface area contributed by atoms with Gasteiger partial charge in [0.15, 0.2) is 5.13 Å². The SMILES string of the molecule is CC(=O)N(c1nc(Cn2cc([N+](=O)[O-])ccc2=O)cs1)c1c(C)cc(C)cc1C. The van der Waals surface area contributed by atoms with E-state index >= 15 is 0 Å². The Labute approximate surface area is 171 Å². The standard InChI is InChI=1S/C20H20N4O4S/c1-12-7-13(2)19(14(3)8-12)23(15(4)25)20-21-16(11-29-20)9-22-10-17(24(27)28)5-6-18(22)26/h5-8,10-11H,9H2,1-4H3. The fraction of sp³-hybridized carbons (Fsp3) is 0.250. The van der Waals surface area contributed by atoms with Crippen molar-refractivity contribution in [3.8, 4) is 0 Å². The van der Waals surface area contributed by atoms with Gasteiger partial charge in [-0.05, 0) is 31.9 Å². The number of amides is 1. The summed E-state index contributed by atoms with van der Waals surface area (Å²) in [6.07, 6.45) is 1.19. The Hall–Kier alpha value is -3.33. The number of nitro groups is 1. The predicted octanol–water partition coefficient (Wildman–Crippen LogP) is 3.87. The van der Waals surface area contributed by atoms with E-state index in [0.717, 1.165) is 28.4 Å². The fourth-order valence-corrected chi connectivity index (χ4v) is 4.17. The molecule has 0 aliphatic rings. The highest BCUT2D eigenvalue weighted by Gasteiger charge is 2.22. The van der Waals surface area contributed by atoms with Crippen molar-refractivity contribution < 1.29 is 9.72 Å². The molecule has 1 amide bonds. The lowest BCUT2D eigenvalue weighted by molar-refractivity contribution is -0.385. The normalized spacial score (nSPS) is 10.8. The number of carbonyl (C=O) groups is 1. The van der Waals surface area contributed by atoms with Crippen molar-refractivity contribution >= 4 is 33.8 Å². The molecule has 0 radical (unpaired) electrons. The monoisotopic (exact) mass is 412 g/mol. The Morgan fingerprint density at radius 2 is 1.90 bits per heavy atom. The lowest BCUT2D eigenvalue weighted by atomic mass is 10.0. The summed E-state index contributed by atoms with van der Waals surface area (Å²) in [4.78, 5) is 41.0. The second kappa shape index (κ2) is 7.96. The van der Waals surface area contributed by atoms with Gasteiger partial charge >= 0.3 is 0 Å². The molecule has 3 rings (SSSR count). The molecule has 0 unspecified atom stereocenters. The average molecular weight is 412 g/mol. The third-order valence-corrected chi connectivity index (χ3v) is 5.29. The van der Waals surface area contributed by atoms with E-state index in [0.29, 0.717) is 10.8 Å². The summed E-state index contributed by atoms with van der Waals surface area (Å²) in [6, 6.07) is 6.35.